The van der Waals surface area contributed by atoms with Gasteiger partial charge in [-0.2, -0.15) is 5.10 Å². The van der Waals surface area contributed by atoms with E-state index in [2.05, 4.69) is 5.10 Å². The molecule has 1 heterocycles. The van der Waals surface area contributed by atoms with Gasteiger partial charge in [0.25, 0.3) is 0 Å². The van der Waals surface area contributed by atoms with E-state index in [1.165, 1.54) is 6.82 Å². The Morgan fingerprint density at radius 2 is 1.97 bits per heavy atom. The maximum Gasteiger partial charge on any atom is 0.338 e. The van der Waals surface area contributed by atoms with E-state index in [0.29, 0.717) is 44.0 Å². The van der Waals surface area contributed by atoms with Gasteiger partial charge in [0.2, 0.25) is 0 Å². The fourth-order valence-corrected chi connectivity index (χ4v) is 2.77. The molecule has 0 saturated heterocycles. The van der Waals surface area contributed by atoms with Gasteiger partial charge in [-0.3, -0.25) is 4.68 Å². The van der Waals surface area contributed by atoms with Crippen molar-refractivity contribution in [3.63, 3.8) is 0 Å². The number of rotatable bonds is 8. The third-order valence-corrected chi connectivity index (χ3v) is 3.96. The van der Waals surface area contributed by atoms with Crippen LogP contribution < -0.4 is 4.74 Å². The van der Waals surface area contributed by atoms with Crippen molar-refractivity contribution in [1.29, 1.82) is 0 Å². The van der Waals surface area contributed by atoms with Gasteiger partial charge in [-0.15, -0.1) is 6.54 Å². The molecule has 0 radical (unpaired) electrons. The van der Waals surface area contributed by atoms with E-state index >= 15 is 0 Å². The maximum atomic E-state index is 12.1. The molecule has 152 valence electrons. The summed E-state index contributed by atoms with van der Waals surface area (Å²) in [6, 6.07) is 13.5. The van der Waals surface area contributed by atoms with Crippen LogP contribution in [-0.4, -0.2) is 42.7 Å². The van der Waals surface area contributed by atoms with E-state index in [9.17, 15) is 4.79 Å². The molecule has 3 rings (SSSR count). The number of nitrogens with zero attached hydrogens (tertiary/aromatic N) is 2. The molecule has 29 heavy (non-hydrogen) atoms. The molecule has 2 aromatic carbocycles. The molecule has 0 saturated carbocycles. The molecule has 0 aliphatic heterocycles. The summed E-state index contributed by atoms with van der Waals surface area (Å²) < 4.78 is 21.7. The van der Waals surface area contributed by atoms with Crippen molar-refractivity contribution in [3.8, 4) is 5.75 Å². The number of nitrogens with one attached hydrogen (secondary N) is 1. The first kappa shape index (κ1) is 22.3. The van der Waals surface area contributed by atoms with Crippen molar-refractivity contribution >= 4 is 24.0 Å². The molecule has 0 aliphatic carbocycles. The van der Waals surface area contributed by atoms with Crippen LogP contribution in [0.2, 0.25) is 6.82 Å². The Labute approximate surface area is 171 Å². The zero-order valence-corrected chi connectivity index (χ0v) is 16.8. The number of fused-ring (bicyclic) bond motifs is 1. The fraction of sp³-hybridized carbons (Fsp3) is 0.333. The standard InChI is InChI=1S/C20H22N3O3.CH3BO/c1-2-25-20(24)16-11-17-13-22-23(14-15-7-4-3-5-8-15)19(17)18(12-16)26-10-6-9-21;1-2-3/h3-5,7-8,11-13,21H,2,6,9-10,14H2,1H3;1H3/q-1;. The first-order chi connectivity index (χ1) is 14.1. The summed E-state index contributed by atoms with van der Waals surface area (Å²) >= 11 is 0. The second-order valence-corrected chi connectivity index (χ2v) is 6.11. The zero-order chi connectivity index (χ0) is 21.1. The molecular formula is C21H25BN3O4-. The zero-order valence-electron chi connectivity index (χ0n) is 16.8. The number of esters is 1. The summed E-state index contributed by atoms with van der Waals surface area (Å²) in [6.07, 6.45) is 2.36. The molecule has 0 amide bonds. The first-order valence-electron chi connectivity index (χ1n) is 9.52. The van der Waals surface area contributed by atoms with E-state index in [0.717, 1.165) is 23.6 Å². The first-order valence-corrected chi connectivity index (χ1v) is 9.52. The smallest absolute Gasteiger partial charge is 0.338 e. The summed E-state index contributed by atoms with van der Waals surface area (Å²) in [5.74, 6) is 0.211. The van der Waals surface area contributed by atoms with Crippen molar-refractivity contribution < 1.29 is 19.0 Å². The summed E-state index contributed by atoms with van der Waals surface area (Å²) in [7, 11) is 0.750. The molecule has 0 unspecified atom stereocenters. The van der Waals surface area contributed by atoms with Crippen molar-refractivity contribution in [2.75, 3.05) is 19.8 Å². The number of aromatic nitrogens is 2. The summed E-state index contributed by atoms with van der Waals surface area (Å²) in [4.78, 5) is 12.1. The average molecular weight is 394 g/mol. The Kier molecular flexibility index (Phi) is 9.04. The normalized spacial score (nSPS) is 10.0. The van der Waals surface area contributed by atoms with Crippen LogP contribution in [0.3, 0.4) is 0 Å². The fourth-order valence-electron chi connectivity index (χ4n) is 2.77. The molecule has 0 fully saturated rings. The van der Waals surface area contributed by atoms with Gasteiger partial charge >= 0.3 is 24.6 Å². The molecular weight excluding hydrogens is 369 g/mol. The van der Waals surface area contributed by atoms with Crippen LogP contribution in [0.1, 0.15) is 29.3 Å². The van der Waals surface area contributed by atoms with Gasteiger partial charge < -0.3 is 15.2 Å². The second-order valence-electron chi connectivity index (χ2n) is 6.11. The van der Waals surface area contributed by atoms with Crippen LogP contribution in [0.4, 0.5) is 0 Å². The Balaban J connectivity index is 0.000000941. The van der Waals surface area contributed by atoms with E-state index in [1.807, 2.05) is 35.0 Å². The van der Waals surface area contributed by atoms with Crippen LogP contribution >= 0.6 is 0 Å². The third kappa shape index (κ3) is 6.25. The summed E-state index contributed by atoms with van der Waals surface area (Å²) in [6.45, 7) is 4.86. The third-order valence-electron chi connectivity index (χ3n) is 3.96. The van der Waals surface area contributed by atoms with E-state index in [-0.39, 0.29) is 5.97 Å². The molecule has 0 bridgehead atoms. The number of ether oxygens (including phenoxy) is 2. The van der Waals surface area contributed by atoms with Crippen molar-refractivity contribution in [2.45, 2.75) is 26.7 Å². The number of hydrogen-bond donors (Lipinski definition) is 0. The van der Waals surface area contributed by atoms with Gasteiger partial charge in [0.05, 0.1) is 31.5 Å². The minimum Gasteiger partial charge on any atom is -0.677 e. The predicted octanol–water partition coefficient (Wildman–Crippen LogP) is 4.17. The van der Waals surface area contributed by atoms with Crippen molar-refractivity contribution in [3.05, 3.63) is 65.5 Å². The monoisotopic (exact) mass is 394 g/mol. The minimum absolute atomic E-state index is 0.296. The molecule has 7 nitrogen and oxygen atoms in total. The topological polar surface area (TPSA) is 94.2 Å². The quantitative estimate of drug-likeness (QED) is 0.325. The van der Waals surface area contributed by atoms with Gasteiger partial charge in [0.15, 0.2) is 0 Å². The molecule has 8 heteroatoms. The number of carbonyl (C=O) groups is 1. The Morgan fingerprint density at radius 3 is 2.62 bits per heavy atom. The van der Waals surface area contributed by atoms with Crippen LogP contribution in [0, 0.1) is 0 Å². The SMILES string of the molecule is CB=O.CCOC(=O)c1cc(OCCC[NH-])c2c(cnn2Cc2ccccc2)c1. The van der Waals surface area contributed by atoms with Crippen LogP contribution in [0.5, 0.6) is 5.75 Å². The largest absolute Gasteiger partial charge is 0.677 e. The molecule has 0 atom stereocenters. The molecule has 1 N–H and O–H groups in total. The maximum absolute atomic E-state index is 12.1. The van der Waals surface area contributed by atoms with Crippen LogP contribution in [0.15, 0.2) is 48.7 Å². The summed E-state index contributed by atoms with van der Waals surface area (Å²) in [5.41, 5.74) is 9.70. The van der Waals surface area contributed by atoms with Gasteiger partial charge in [-0.05, 0) is 31.0 Å². The van der Waals surface area contributed by atoms with Gasteiger partial charge in [-0.1, -0.05) is 30.3 Å². The summed E-state index contributed by atoms with van der Waals surface area (Å²) in [5, 5.41) is 5.30. The number of hydrogen-bond acceptors (Lipinski definition) is 5. The van der Waals surface area contributed by atoms with Gasteiger partial charge in [0, 0.05) is 5.39 Å². The van der Waals surface area contributed by atoms with Crippen LogP contribution in [0.25, 0.3) is 16.6 Å². The van der Waals surface area contributed by atoms with E-state index < -0.39 is 0 Å². The molecule has 1 aromatic heterocycles. The number of carbonyl (C=O) groups excluding carboxylic acids is 1. The molecule has 0 spiro atoms. The second kappa shape index (κ2) is 11.8. The Bertz CT molecular complexity index is 928. The van der Waals surface area contributed by atoms with E-state index in [4.69, 9.17) is 19.9 Å². The molecule has 0 aliphatic rings. The van der Waals surface area contributed by atoms with Gasteiger partial charge in [0.1, 0.15) is 11.3 Å². The Morgan fingerprint density at radius 1 is 1.24 bits per heavy atom. The van der Waals surface area contributed by atoms with E-state index in [1.54, 1.807) is 25.3 Å². The van der Waals surface area contributed by atoms with Crippen molar-refractivity contribution in [1.82, 2.24) is 9.78 Å². The Hall–Kier alpha value is -3.00. The minimum atomic E-state index is -0.379. The average Bonchev–Trinajstić information content (AvgIpc) is 3.12. The number of benzene rings is 2. The van der Waals surface area contributed by atoms with Gasteiger partial charge in [-0.25, -0.2) is 4.79 Å². The van der Waals surface area contributed by atoms with Crippen molar-refractivity contribution in [2.24, 2.45) is 0 Å². The molecule has 3 aromatic rings. The predicted molar refractivity (Wildman–Crippen MR) is 113 cm³/mol. The van der Waals surface area contributed by atoms with Crippen LogP contribution in [-0.2, 0) is 16.0 Å².